The second kappa shape index (κ2) is 15.7. The number of aromatic nitrogens is 5. The van der Waals surface area contributed by atoms with Gasteiger partial charge in [0.2, 0.25) is 0 Å². The minimum Gasteiger partial charge on any atom is -0.493 e. The second-order valence-corrected chi connectivity index (χ2v) is 12.1. The fraction of sp³-hybridized carbons (Fsp3) is 0.314. The Bertz CT molecular complexity index is 2010. The topological polar surface area (TPSA) is 161 Å². The van der Waals surface area contributed by atoms with E-state index in [9.17, 15) is 9.59 Å². The monoisotopic (exact) mass is 705 g/mol. The van der Waals surface area contributed by atoms with Crippen LogP contribution < -0.4 is 24.8 Å². The summed E-state index contributed by atoms with van der Waals surface area (Å²) in [5.41, 5.74) is 0.575. The minimum atomic E-state index is -0.987. The van der Waals surface area contributed by atoms with Crippen LogP contribution in [0, 0.1) is 11.6 Å². The van der Waals surface area contributed by atoms with Gasteiger partial charge in [-0.05, 0) is 39.8 Å². The number of ether oxygens (including phenoxy) is 5. The van der Waals surface area contributed by atoms with E-state index >= 15 is 8.78 Å². The number of esters is 1. The van der Waals surface area contributed by atoms with Gasteiger partial charge in [0, 0.05) is 29.3 Å². The first-order valence-corrected chi connectivity index (χ1v) is 15.8. The largest absolute Gasteiger partial charge is 0.493 e. The van der Waals surface area contributed by atoms with Crippen LogP contribution in [-0.2, 0) is 20.8 Å². The lowest BCUT2D eigenvalue weighted by atomic mass is 10.1. The fourth-order valence-corrected chi connectivity index (χ4v) is 4.84. The molecule has 0 fully saturated rings. The molecule has 2 aromatic carbocycles. The molecule has 0 aliphatic heterocycles. The van der Waals surface area contributed by atoms with Crippen molar-refractivity contribution in [3.8, 4) is 28.8 Å². The molecule has 0 saturated carbocycles. The summed E-state index contributed by atoms with van der Waals surface area (Å²) >= 11 is 0. The zero-order valence-electron chi connectivity index (χ0n) is 28.8. The molecule has 51 heavy (non-hydrogen) atoms. The van der Waals surface area contributed by atoms with Crippen molar-refractivity contribution >= 4 is 34.5 Å². The van der Waals surface area contributed by atoms with Gasteiger partial charge >= 0.3 is 12.1 Å². The maximum absolute atomic E-state index is 15.4. The Morgan fingerprint density at radius 2 is 1.71 bits per heavy atom. The first-order chi connectivity index (χ1) is 24.4. The molecule has 268 valence electrons. The lowest BCUT2D eigenvalue weighted by Crippen LogP contribution is -2.42. The highest BCUT2D eigenvalue weighted by molar-refractivity contribution is 5.92. The Morgan fingerprint density at radius 3 is 2.41 bits per heavy atom. The van der Waals surface area contributed by atoms with E-state index in [1.54, 1.807) is 51.4 Å². The fourth-order valence-electron chi connectivity index (χ4n) is 4.84. The third-order valence-electron chi connectivity index (χ3n) is 7.21. The van der Waals surface area contributed by atoms with E-state index in [1.807, 2.05) is 12.1 Å². The number of para-hydroxylation sites is 1. The Balaban J connectivity index is 1.29. The number of carbonyl (C=O) groups is 2. The van der Waals surface area contributed by atoms with E-state index in [2.05, 4.69) is 30.7 Å². The van der Waals surface area contributed by atoms with Crippen molar-refractivity contribution < 1.29 is 42.1 Å². The van der Waals surface area contributed by atoms with Gasteiger partial charge in [0.15, 0.2) is 23.1 Å². The molecule has 0 bridgehead atoms. The maximum Gasteiger partial charge on any atom is 0.408 e. The van der Waals surface area contributed by atoms with E-state index < -0.39 is 35.3 Å². The average molecular weight is 706 g/mol. The smallest absolute Gasteiger partial charge is 0.408 e. The quantitative estimate of drug-likeness (QED) is 0.112. The number of halogens is 2. The third-order valence-corrected chi connectivity index (χ3v) is 7.21. The molecule has 5 aromatic rings. The van der Waals surface area contributed by atoms with Crippen molar-refractivity contribution in [1.82, 2.24) is 30.0 Å². The summed E-state index contributed by atoms with van der Waals surface area (Å²) in [6, 6.07) is 9.99. The number of nitrogens with zero attached hydrogens (tertiary/aromatic N) is 5. The lowest BCUT2D eigenvalue weighted by molar-refractivity contribution is -0.146. The maximum atomic E-state index is 15.4. The highest BCUT2D eigenvalue weighted by Gasteiger charge is 2.23. The van der Waals surface area contributed by atoms with Crippen LogP contribution in [0.25, 0.3) is 22.4 Å². The Kier molecular flexibility index (Phi) is 11.1. The molecule has 1 atom stereocenters. The summed E-state index contributed by atoms with van der Waals surface area (Å²) in [7, 11) is 3.01. The minimum absolute atomic E-state index is 0.103. The van der Waals surface area contributed by atoms with Crippen LogP contribution >= 0.6 is 0 Å². The number of hydrogen-bond acceptors (Lipinski definition) is 12. The Hall–Kier alpha value is -6.06. The van der Waals surface area contributed by atoms with Crippen molar-refractivity contribution in [3.05, 3.63) is 78.3 Å². The second-order valence-electron chi connectivity index (χ2n) is 12.1. The zero-order valence-corrected chi connectivity index (χ0v) is 28.8. The van der Waals surface area contributed by atoms with Crippen molar-refractivity contribution in [3.63, 3.8) is 0 Å². The number of benzene rings is 2. The number of methoxy groups -OCH3 is 2. The number of alkyl carbamates (subject to hydrolysis) is 1. The number of carbonyl (C=O) groups excluding carboxylic acids is 2. The number of anilines is 2. The molecular weight excluding hydrogens is 668 g/mol. The van der Waals surface area contributed by atoms with Crippen LogP contribution in [-0.4, -0.2) is 75.9 Å². The number of pyridine rings is 1. The Morgan fingerprint density at radius 1 is 0.980 bits per heavy atom. The molecule has 1 amide bonds. The highest BCUT2D eigenvalue weighted by atomic mass is 19.1. The van der Waals surface area contributed by atoms with E-state index in [1.165, 1.54) is 32.0 Å². The molecule has 0 aliphatic carbocycles. The van der Waals surface area contributed by atoms with Crippen molar-refractivity contribution in [2.75, 3.05) is 32.8 Å². The van der Waals surface area contributed by atoms with Gasteiger partial charge in [-0.25, -0.2) is 28.3 Å². The molecule has 14 nitrogen and oxygen atoms in total. The molecule has 3 aromatic heterocycles. The van der Waals surface area contributed by atoms with E-state index in [0.29, 0.717) is 39.6 Å². The highest BCUT2D eigenvalue weighted by Crippen LogP contribution is 2.33. The molecular formula is C35H37F2N7O7. The lowest BCUT2D eigenvalue weighted by Gasteiger charge is -2.21. The van der Waals surface area contributed by atoms with Gasteiger partial charge in [-0.1, -0.05) is 18.2 Å². The van der Waals surface area contributed by atoms with Crippen LogP contribution in [0.1, 0.15) is 33.3 Å². The molecule has 0 saturated heterocycles. The van der Waals surface area contributed by atoms with Gasteiger partial charge in [-0.2, -0.15) is 5.10 Å². The van der Waals surface area contributed by atoms with Crippen LogP contribution in [0.5, 0.6) is 17.2 Å². The average Bonchev–Trinajstić information content (AvgIpc) is 3.45. The molecule has 16 heteroatoms. The van der Waals surface area contributed by atoms with Crippen LogP contribution in [0.15, 0.2) is 61.1 Å². The van der Waals surface area contributed by atoms with Crippen molar-refractivity contribution in [2.45, 2.75) is 45.9 Å². The predicted molar refractivity (Wildman–Crippen MR) is 182 cm³/mol. The number of rotatable bonds is 13. The van der Waals surface area contributed by atoms with Gasteiger partial charge in [-0.3, -0.25) is 9.67 Å². The van der Waals surface area contributed by atoms with Gasteiger partial charge < -0.3 is 34.3 Å². The summed E-state index contributed by atoms with van der Waals surface area (Å²) < 4.78 is 58.7. The van der Waals surface area contributed by atoms with Crippen LogP contribution in [0.4, 0.5) is 25.1 Å². The summed E-state index contributed by atoms with van der Waals surface area (Å²) in [4.78, 5) is 37.3. The summed E-state index contributed by atoms with van der Waals surface area (Å²) in [6.07, 6.45) is 3.87. The van der Waals surface area contributed by atoms with Crippen LogP contribution in [0.2, 0.25) is 0 Å². The molecule has 5 rings (SSSR count). The normalized spacial score (nSPS) is 11.8. The predicted octanol–water partition coefficient (Wildman–Crippen LogP) is 5.81. The Labute approximate surface area is 292 Å². The zero-order chi connectivity index (χ0) is 36.7. The standard InChI is InChI=1S/C35H37F2N7O7/c1-20(40-34(46)51-35(2,3)4)33(45)50-14-13-49-21-15-24(36)23(25(37)16-21)19-44-27-10-8-7-9-22(27)30(43-44)32-39-18-29(48-6)31(42-32)41-26-11-12-38-17-28(26)47-5/h7-12,15-18,20H,13-14,19H2,1-6H3,(H,40,46)(H,38,39,41,42)/t20-/m0/s1. The molecule has 3 heterocycles. The number of nitrogens with one attached hydrogen (secondary N) is 2. The first kappa shape index (κ1) is 36.2. The van der Waals surface area contributed by atoms with Gasteiger partial charge in [0.25, 0.3) is 0 Å². The van der Waals surface area contributed by atoms with Gasteiger partial charge in [0.05, 0.1) is 44.4 Å². The molecule has 0 unspecified atom stereocenters. The SMILES string of the molecule is COc1cnccc1Nc1nc(-c2nn(Cc3c(F)cc(OCCOC(=O)[C@H](C)NC(=O)OC(C)(C)C)cc3F)c3ccccc23)ncc1OC. The van der Waals surface area contributed by atoms with Crippen molar-refractivity contribution in [1.29, 1.82) is 0 Å². The van der Waals surface area contributed by atoms with Crippen LogP contribution in [0.3, 0.4) is 0 Å². The third kappa shape index (κ3) is 8.95. The summed E-state index contributed by atoms with van der Waals surface area (Å²) in [6.45, 7) is 5.83. The summed E-state index contributed by atoms with van der Waals surface area (Å²) in [5.74, 6) is -1.15. The van der Waals surface area contributed by atoms with E-state index in [-0.39, 0.29) is 36.9 Å². The number of amides is 1. The molecule has 0 spiro atoms. The van der Waals surface area contributed by atoms with Gasteiger partial charge in [0.1, 0.15) is 47.9 Å². The van der Waals surface area contributed by atoms with E-state index in [4.69, 9.17) is 23.7 Å². The number of fused-ring (bicyclic) bond motifs is 1. The molecule has 0 aliphatic rings. The summed E-state index contributed by atoms with van der Waals surface area (Å²) in [5, 5.41) is 10.9. The number of hydrogen-bond donors (Lipinski definition) is 2. The van der Waals surface area contributed by atoms with Crippen molar-refractivity contribution in [2.24, 2.45) is 0 Å². The molecule has 2 N–H and O–H groups in total. The first-order valence-electron chi connectivity index (χ1n) is 15.8. The molecule has 0 radical (unpaired) electrons. The van der Waals surface area contributed by atoms with Gasteiger partial charge in [-0.15, -0.1) is 0 Å². The van der Waals surface area contributed by atoms with E-state index in [0.717, 1.165) is 12.1 Å².